The quantitative estimate of drug-likeness (QED) is 0.932. The summed E-state index contributed by atoms with van der Waals surface area (Å²) in [6.45, 7) is 1.85. The van der Waals surface area contributed by atoms with Gasteiger partial charge in [-0.05, 0) is 43.7 Å². The largest absolute Gasteiger partial charge is 0.481 e. The van der Waals surface area contributed by atoms with Crippen LogP contribution in [-0.2, 0) is 11.3 Å². The molecule has 1 fully saturated rings. The molecule has 1 saturated heterocycles. The van der Waals surface area contributed by atoms with Crippen molar-refractivity contribution in [2.45, 2.75) is 19.4 Å². The number of benzene rings is 1. The Morgan fingerprint density at radius 3 is 2.91 bits per heavy atom. The van der Waals surface area contributed by atoms with Crippen molar-refractivity contribution >= 4 is 17.6 Å². The Labute approximate surface area is 132 Å². The van der Waals surface area contributed by atoms with Crippen molar-refractivity contribution in [2.24, 2.45) is 5.92 Å². The molecule has 2 heterocycles. The van der Waals surface area contributed by atoms with Crippen LogP contribution in [0.25, 0.3) is 11.4 Å². The number of nitrogens with zero attached hydrogens (tertiary/aromatic N) is 3. The van der Waals surface area contributed by atoms with Crippen LogP contribution in [0.5, 0.6) is 0 Å². The minimum absolute atomic E-state index is 0.313. The van der Waals surface area contributed by atoms with Crippen molar-refractivity contribution in [3.05, 3.63) is 35.2 Å². The molecule has 1 aromatic heterocycles. The number of rotatable bonds is 4. The van der Waals surface area contributed by atoms with Gasteiger partial charge in [-0.25, -0.2) is 0 Å². The summed E-state index contributed by atoms with van der Waals surface area (Å²) in [4.78, 5) is 17.5. The van der Waals surface area contributed by atoms with E-state index in [-0.39, 0.29) is 5.92 Å². The second kappa shape index (κ2) is 6.46. The van der Waals surface area contributed by atoms with Gasteiger partial charge in [-0.1, -0.05) is 16.8 Å². The molecule has 7 heteroatoms. The topological polar surface area (TPSA) is 79.5 Å². The lowest BCUT2D eigenvalue weighted by Crippen LogP contribution is -2.38. The number of aliphatic carboxylic acids is 1. The third-order valence-electron chi connectivity index (χ3n) is 3.78. The van der Waals surface area contributed by atoms with E-state index in [1.54, 1.807) is 12.1 Å². The Balaban J connectivity index is 1.66. The van der Waals surface area contributed by atoms with Crippen LogP contribution in [-0.4, -0.2) is 39.2 Å². The van der Waals surface area contributed by atoms with E-state index >= 15 is 0 Å². The summed E-state index contributed by atoms with van der Waals surface area (Å²) in [6, 6.07) is 7.21. The predicted molar refractivity (Wildman–Crippen MR) is 80.4 cm³/mol. The van der Waals surface area contributed by atoms with Gasteiger partial charge in [0.15, 0.2) is 0 Å². The number of hydrogen-bond donors (Lipinski definition) is 1. The van der Waals surface area contributed by atoms with Gasteiger partial charge in [-0.3, -0.25) is 9.69 Å². The summed E-state index contributed by atoms with van der Waals surface area (Å²) < 4.78 is 5.26. The number of carboxylic acids is 1. The summed E-state index contributed by atoms with van der Waals surface area (Å²) >= 11 is 5.85. The molecule has 116 valence electrons. The first-order chi connectivity index (χ1) is 10.6. The van der Waals surface area contributed by atoms with Gasteiger partial charge in [0.25, 0.3) is 0 Å². The fourth-order valence-electron chi connectivity index (χ4n) is 2.63. The molecule has 6 nitrogen and oxygen atoms in total. The molecule has 0 amide bonds. The first-order valence-electron chi connectivity index (χ1n) is 7.15. The Morgan fingerprint density at radius 1 is 1.41 bits per heavy atom. The number of hydrogen-bond acceptors (Lipinski definition) is 5. The van der Waals surface area contributed by atoms with Gasteiger partial charge in [0.2, 0.25) is 11.7 Å². The minimum Gasteiger partial charge on any atom is -0.481 e. The maximum absolute atomic E-state index is 11.1. The van der Waals surface area contributed by atoms with Crippen molar-refractivity contribution in [1.29, 1.82) is 0 Å². The van der Waals surface area contributed by atoms with Gasteiger partial charge < -0.3 is 9.63 Å². The monoisotopic (exact) mass is 321 g/mol. The first-order valence-corrected chi connectivity index (χ1v) is 7.53. The van der Waals surface area contributed by atoms with Gasteiger partial charge in [0, 0.05) is 17.1 Å². The number of carbonyl (C=O) groups is 1. The Kier molecular flexibility index (Phi) is 4.40. The zero-order valence-corrected chi connectivity index (χ0v) is 12.7. The molecule has 1 aliphatic heterocycles. The van der Waals surface area contributed by atoms with Crippen LogP contribution in [0.3, 0.4) is 0 Å². The number of carboxylic acid groups (broad SMARTS) is 1. The summed E-state index contributed by atoms with van der Waals surface area (Å²) in [5.74, 6) is -0.0426. The van der Waals surface area contributed by atoms with Crippen LogP contribution >= 0.6 is 11.6 Å². The van der Waals surface area contributed by atoms with E-state index in [4.69, 9.17) is 21.2 Å². The van der Waals surface area contributed by atoms with E-state index in [9.17, 15) is 4.79 Å². The molecule has 22 heavy (non-hydrogen) atoms. The van der Waals surface area contributed by atoms with E-state index < -0.39 is 5.97 Å². The molecule has 0 aliphatic carbocycles. The lowest BCUT2D eigenvalue weighted by Gasteiger charge is -2.29. The predicted octanol–water partition coefficient (Wildman–Crippen LogP) is 2.69. The number of likely N-dealkylation sites (tertiary alicyclic amines) is 1. The zero-order chi connectivity index (χ0) is 15.5. The Bertz CT molecular complexity index is 656. The van der Waals surface area contributed by atoms with Crippen LogP contribution in [0.1, 0.15) is 18.7 Å². The highest BCUT2D eigenvalue weighted by Crippen LogP contribution is 2.21. The maximum Gasteiger partial charge on any atom is 0.307 e. The van der Waals surface area contributed by atoms with Gasteiger partial charge in [-0.2, -0.15) is 4.98 Å². The van der Waals surface area contributed by atoms with Crippen LogP contribution in [0.4, 0.5) is 0 Å². The zero-order valence-electron chi connectivity index (χ0n) is 11.9. The molecular weight excluding hydrogens is 306 g/mol. The molecule has 1 N–H and O–H groups in total. The average molecular weight is 322 g/mol. The van der Waals surface area contributed by atoms with Crippen molar-refractivity contribution in [3.8, 4) is 11.4 Å². The summed E-state index contributed by atoms with van der Waals surface area (Å²) in [5, 5.41) is 13.7. The van der Waals surface area contributed by atoms with Gasteiger partial charge in [0.1, 0.15) is 0 Å². The van der Waals surface area contributed by atoms with Crippen molar-refractivity contribution in [1.82, 2.24) is 15.0 Å². The van der Waals surface area contributed by atoms with Gasteiger partial charge in [-0.15, -0.1) is 0 Å². The highest BCUT2D eigenvalue weighted by Gasteiger charge is 2.26. The SMILES string of the molecule is O=C(O)[C@H]1CCCN(Cc2nc(-c3ccc(Cl)cc3)no2)C1. The molecule has 2 aromatic rings. The third-order valence-corrected chi connectivity index (χ3v) is 4.04. The molecule has 0 unspecified atom stereocenters. The van der Waals surface area contributed by atoms with Crippen LogP contribution in [0, 0.1) is 5.92 Å². The fourth-order valence-corrected chi connectivity index (χ4v) is 2.75. The number of piperidine rings is 1. The molecular formula is C15H16ClN3O3. The highest BCUT2D eigenvalue weighted by molar-refractivity contribution is 6.30. The number of halogens is 1. The lowest BCUT2D eigenvalue weighted by atomic mass is 9.98. The Hall–Kier alpha value is -1.92. The minimum atomic E-state index is -0.739. The van der Waals surface area contributed by atoms with Crippen LogP contribution in [0.2, 0.25) is 5.02 Å². The third kappa shape index (κ3) is 3.45. The molecule has 1 aromatic carbocycles. The van der Waals surface area contributed by atoms with Gasteiger partial charge in [0.05, 0.1) is 12.5 Å². The molecule has 3 rings (SSSR count). The standard InChI is InChI=1S/C15H16ClN3O3/c16-12-5-3-10(4-6-12)14-17-13(22-18-14)9-19-7-1-2-11(8-19)15(20)21/h3-6,11H,1-2,7-9H2,(H,20,21)/t11-/m0/s1. The van der Waals surface area contributed by atoms with Crippen molar-refractivity contribution in [3.63, 3.8) is 0 Å². The van der Waals surface area contributed by atoms with Crippen LogP contribution < -0.4 is 0 Å². The second-order valence-corrected chi connectivity index (χ2v) is 5.87. The van der Waals surface area contributed by atoms with E-state index in [1.807, 2.05) is 17.0 Å². The summed E-state index contributed by atoms with van der Waals surface area (Å²) in [7, 11) is 0. The summed E-state index contributed by atoms with van der Waals surface area (Å²) in [5.41, 5.74) is 0.835. The average Bonchev–Trinajstić information content (AvgIpc) is 2.96. The fraction of sp³-hybridized carbons (Fsp3) is 0.400. The highest BCUT2D eigenvalue weighted by atomic mass is 35.5. The van der Waals surface area contributed by atoms with E-state index in [0.29, 0.717) is 29.8 Å². The normalized spacial score (nSPS) is 19.2. The molecule has 0 saturated carbocycles. The first kappa shape index (κ1) is 15.0. The molecule has 1 aliphatic rings. The van der Waals surface area contributed by atoms with E-state index in [0.717, 1.165) is 24.9 Å². The molecule has 0 spiro atoms. The van der Waals surface area contributed by atoms with Crippen molar-refractivity contribution < 1.29 is 14.4 Å². The molecule has 1 atom stereocenters. The van der Waals surface area contributed by atoms with E-state index in [2.05, 4.69) is 10.1 Å². The molecule has 0 radical (unpaired) electrons. The smallest absolute Gasteiger partial charge is 0.307 e. The van der Waals surface area contributed by atoms with E-state index in [1.165, 1.54) is 0 Å². The Morgan fingerprint density at radius 2 is 2.18 bits per heavy atom. The van der Waals surface area contributed by atoms with Gasteiger partial charge >= 0.3 is 5.97 Å². The lowest BCUT2D eigenvalue weighted by molar-refractivity contribution is -0.143. The number of aromatic nitrogens is 2. The van der Waals surface area contributed by atoms with Crippen molar-refractivity contribution in [2.75, 3.05) is 13.1 Å². The summed E-state index contributed by atoms with van der Waals surface area (Å²) in [6.07, 6.45) is 1.60. The maximum atomic E-state index is 11.1. The molecule has 0 bridgehead atoms. The second-order valence-electron chi connectivity index (χ2n) is 5.43. The van der Waals surface area contributed by atoms with Crippen LogP contribution in [0.15, 0.2) is 28.8 Å².